The van der Waals surface area contributed by atoms with Crippen LogP contribution in [0.4, 0.5) is 0 Å². The van der Waals surface area contributed by atoms with Crippen LogP contribution < -0.4 is 0 Å². The van der Waals surface area contributed by atoms with Gasteiger partial charge in [-0.25, -0.2) is 0 Å². The van der Waals surface area contributed by atoms with Gasteiger partial charge < -0.3 is 9.47 Å². The van der Waals surface area contributed by atoms with Crippen molar-refractivity contribution in [2.45, 2.75) is 19.5 Å². The molecule has 0 atom stereocenters. The summed E-state index contributed by atoms with van der Waals surface area (Å²) in [7, 11) is 0. The summed E-state index contributed by atoms with van der Waals surface area (Å²) in [5, 5.41) is 0. The summed E-state index contributed by atoms with van der Waals surface area (Å²) in [6.07, 6.45) is 0.329. The van der Waals surface area contributed by atoms with Crippen LogP contribution in [0, 0.1) is 0 Å². The van der Waals surface area contributed by atoms with Crippen LogP contribution >= 0.6 is 0 Å². The molecule has 0 radical (unpaired) electrons. The summed E-state index contributed by atoms with van der Waals surface area (Å²) in [6.45, 7) is 0.908. The fourth-order valence-electron chi connectivity index (χ4n) is 2.46. The maximum absolute atomic E-state index is 10.8. The van der Waals surface area contributed by atoms with E-state index in [-0.39, 0.29) is 0 Å². The standard InChI is InChI=1S/C22H20O3/c23-15-18-11-13-21(14-12-18)22(24-16-19-7-3-1-4-8-19)25-17-20-9-5-2-6-10-20/h1-15,22H,16-17H2. The molecule has 0 saturated carbocycles. The summed E-state index contributed by atoms with van der Waals surface area (Å²) in [5.41, 5.74) is 3.69. The number of hydrogen-bond donors (Lipinski definition) is 0. The average Bonchev–Trinajstić information content (AvgIpc) is 2.70. The Morgan fingerprint density at radius 2 is 1.16 bits per heavy atom. The fraction of sp³-hybridized carbons (Fsp3) is 0.136. The number of aldehydes is 1. The summed E-state index contributed by atoms with van der Waals surface area (Å²) < 4.78 is 12.0. The lowest BCUT2D eigenvalue weighted by Crippen LogP contribution is -2.09. The normalized spacial score (nSPS) is 10.8. The molecule has 0 aromatic heterocycles. The van der Waals surface area contributed by atoms with Crippen molar-refractivity contribution in [3.8, 4) is 0 Å². The molecule has 0 bridgehead atoms. The van der Waals surface area contributed by atoms with Crippen LogP contribution in [0.1, 0.15) is 33.3 Å². The summed E-state index contributed by atoms with van der Waals surface area (Å²) in [6, 6.07) is 27.2. The molecule has 0 fully saturated rings. The Morgan fingerprint density at radius 3 is 1.60 bits per heavy atom. The molecule has 25 heavy (non-hydrogen) atoms. The van der Waals surface area contributed by atoms with Crippen LogP contribution in [0.15, 0.2) is 84.9 Å². The Morgan fingerprint density at radius 1 is 0.680 bits per heavy atom. The molecule has 0 aliphatic heterocycles. The first-order valence-corrected chi connectivity index (χ1v) is 8.21. The van der Waals surface area contributed by atoms with Gasteiger partial charge in [0.05, 0.1) is 13.2 Å². The highest BCUT2D eigenvalue weighted by molar-refractivity contribution is 5.74. The molecule has 0 saturated heterocycles. The molecule has 0 N–H and O–H groups in total. The molecule has 3 aromatic rings. The largest absolute Gasteiger partial charge is 0.344 e. The van der Waals surface area contributed by atoms with E-state index in [0.717, 1.165) is 23.0 Å². The molecule has 0 aliphatic carbocycles. The van der Waals surface area contributed by atoms with Gasteiger partial charge in [0, 0.05) is 11.1 Å². The monoisotopic (exact) mass is 332 g/mol. The van der Waals surface area contributed by atoms with E-state index >= 15 is 0 Å². The number of rotatable bonds is 8. The predicted molar refractivity (Wildman–Crippen MR) is 97.0 cm³/mol. The molecule has 0 aliphatic rings. The van der Waals surface area contributed by atoms with Gasteiger partial charge in [0.2, 0.25) is 0 Å². The minimum absolute atomic E-state index is 0.454. The van der Waals surface area contributed by atoms with Crippen molar-refractivity contribution >= 4 is 6.29 Å². The van der Waals surface area contributed by atoms with Crippen molar-refractivity contribution in [3.05, 3.63) is 107 Å². The topological polar surface area (TPSA) is 35.5 Å². The lowest BCUT2D eigenvalue weighted by molar-refractivity contribution is -0.161. The highest BCUT2D eigenvalue weighted by Crippen LogP contribution is 2.22. The molecule has 0 amide bonds. The van der Waals surface area contributed by atoms with Gasteiger partial charge in [-0.05, 0) is 11.1 Å². The molecule has 0 unspecified atom stereocenters. The van der Waals surface area contributed by atoms with Crippen LogP contribution in [0.3, 0.4) is 0 Å². The molecule has 3 nitrogen and oxygen atoms in total. The zero-order valence-electron chi connectivity index (χ0n) is 13.9. The first-order chi connectivity index (χ1) is 12.3. The Labute approximate surface area is 147 Å². The number of benzene rings is 3. The minimum atomic E-state index is -0.499. The van der Waals surface area contributed by atoms with E-state index < -0.39 is 6.29 Å². The number of carbonyl (C=O) groups excluding carboxylic acids is 1. The van der Waals surface area contributed by atoms with Gasteiger partial charge in [-0.2, -0.15) is 0 Å². The maximum Gasteiger partial charge on any atom is 0.184 e. The van der Waals surface area contributed by atoms with Crippen LogP contribution in [0.25, 0.3) is 0 Å². The third kappa shape index (κ3) is 5.11. The van der Waals surface area contributed by atoms with E-state index in [1.165, 1.54) is 0 Å². The third-order valence-corrected chi connectivity index (χ3v) is 3.83. The van der Waals surface area contributed by atoms with Gasteiger partial charge in [0.25, 0.3) is 0 Å². The van der Waals surface area contributed by atoms with Gasteiger partial charge in [0.1, 0.15) is 6.29 Å². The number of ether oxygens (including phenoxy) is 2. The van der Waals surface area contributed by atoms with Gasteiger partial charge in [-0.15, -0.1) is 0 Å². The highest BCUT2D eigenvalue weighted by atomic mass is 16.7. The summed E-state index contributed by atoms with van der Waals surface area (Å²) >= 11 is 0. The minimum Gasteiger partial charge on any atom is -0.344 e. The van der Waals surface area contributed by atoms with E-state index in [9.17, 15) is 4.79 Å². The number of hydrogen-bond acceptors (Lipinski definition) is 3. The van der Waals surface area contributed by atoms with Crippen LogP contribution in [-0.2, 0) is 22.7 Å². The highest BCUT2D eigenvalue weighted by Gasteiger charge is 2.13. The SMILES string of the molecule is O=Cc1ccc(C(OCc2ccccc2)OCc2ccccc2)cc1. The van der Waals surface area contributed by atoms with Gasteiger partial charge in [-0.1, -0.05) is 84.9 Å². The van der Waals surface area contributed by atoms with Crippen molar-refractivity contribution < 1.29 is 14.3 Å². The third-order valence-electron chi connectivity index (χ3n) is 3.83. The van der Waals surface area contributed by atoms with Gasteiger partial charge in [-0.3, -0.25) is 4.79 Å². The van der Waals surface area contributed by atoms with E-state index in [0.29, 0.717) is 18.8 Å². The van der Waals surface area contributed by atoms with Crippen LogP contribution in [0.2, 0.25) is 0 Å². The molecule has 0 spiro atoms. The smallest absolute Gasteiger partial charge is 0.184 e. The summed E-state index contributed by atoms with van der Waals surface area (Å²) in [5.74, 6) is 0. The van der Waals surface area contributed by atoms with Crippen molar-refractivity contribution in [1.29, 1.82) is 0 Å². The fourth-order valence-corrected chi connectivity index (χ4v) is 2.46. The molecule has 3 heteroatoms. The number of carbonyl (C=O) groups is 1. The van der Waals surface area contributed by atoms with Crippen molar-refractivity contribution in [2.75, 3.05) is 0 Å². The lowest BCUT2D eigenvalue weighted by atomic mass is 10.1. The molecule has 3 aromatic carbocycles. The Kier molecular flexibility index (Phi) is 6.10. The first-order valence-electron chi connectivity index (χ1n) is 8.21. The molecular weight excluding hydrogens is 312 g/mol. The summed E-state index contributed by atoms with van der Waals surface area (Å²) in [4.78, 5) is 10.8. The Balaban J connectivity index is 1.71. The second-order valence-corrected chi connectivity index (χ2v) is 5.71. The van der Waals surface area contributed by atoms with E-state index in [2.05, 4.69) is 0 Å². The molecule has 0 heterocycles. The van der Waals surface area contributed by atoms with E-state index in [4.69, 9.17) is 9.47 Å². The average molecular weight is 332 g/mol. The van der Waals surface area contributed by atoms with Crippen LogP contribution in [0.5, 0.6) is 0 Å². The molecule has 126 valence electrons. The predicted octanol–water partition coefficient (Wildman–Crippen LogP) is 4.93. The maximum atomic E-state index is 10.8. The van der Waals surface area contributed by atoms with Crippen molar-refractivity contribution in [1.82, 2.24) is 0 Å². The molecular formula is C22H20O3. The van der Waals surface area contributed by atoms with Crippen molar-refractivity contribution in [3.63, 3.8) is 0 Å². The van der Waals surface area contributed by atoms with Crippen molar-refractivity contribution in [2.24, 2.45) is 0 Å². The Bertz CT molecular complexity index is 724. The lowest BCUT2D eigenvalue weighted by Gasteiger charge is -2.19. The quantitative estimate of drug-likeness (QED) is 0.433. The second kappa shape index (κ2) is 8.92. The van der Waals surface area contributed by atoms with Gasteiger partial charge in [0.15, 0.2) is 6.29 Å². The zero-order valence-corrected chi connectivity index (χ0v) is 13.9. The second-order valence-electron chi connectivity index (χ2n) is 5.71. The zero-order chi connectivity index (χ0) is 17.3. The first kappa shape index (κ1) is 17.1. The van der Waals surface area contributed by atoms with E-state index in [1.54, 1.807) is 12.1 Å². The van der Waals surface area contributed by atoms with E-state index in [1.807, 2.05) is 72.8 Å². The molecule has 3 rings (SSSR count). The van der Waals surface area contributed by atoms with Crippen LogP contribution in [-0.4, -0.2) is 6.29 Å². The Hall–Kier alpha value is -2.75. The van der Waals surface area contributed by atoms with Gasteiger partial charge >= 0.3 is 0 Å².